The van der Waals surface area contributed by atoms with E-state index in [-0.39, 0.29) is 17.2 Å². The van der Waals surface area contributed by atoms with Crippen LogP contribution in [0.1, 0.15) is 31.2 Å². The van der Waals surface area contributed by atoms with Crippen molar-refractivity contribution in [1.82, 2.24) is 9.66 Å². The van der Waals surface area contributed by atoms with E-state index in [0.29, 0.717) is 16.7 Å². The molecule has 0 saturated carbocycles. The van der Waals surface area contributed by atoms with Gasteiger partial charge in [-0.15, -0.1) is 0 Å². The Morgan fingerprint density at radius 2 is 2.04 bits per heavy atom. The standard InChI is InChI=1S/C18H15BrIN3O2/c1-10(2)17-22-15-5-4-12(19)8-13(15)18(25)23(17)21-9-11-3-6-16(24)14(20)7-11/h3-10,24H,1-2H3. The molecule has 5 nitrogen and oxygen atoms in total. The highest BCUT2D eigenvalue weighted by molar-refractivity contribution is 14.1. The molecule has 0 atom stereocenters. The van der Waals surface area contributed by atoms with Crippen molar-refractivity contribution in [3.63, 3.8) is 0 Å². The van der Waals surface area contributed by atoms with Crippen LogP contribution in [0.3, 0.4) is 0 Å². The molecule has 1 heterocycles. The van der Waals surface area contributed by atoms with Crippen molar-refractivity contribution < 1.29 is 5.11 Å². The summed E-state index contributed by atoms with van der Waals surface area (Å²) in [6, 6.07) is 10.6. The molecule has 1 aromatic heterocycles. The van der Waals surface area contributed by atoms with Crippen LogP contribution in [0.4, 0.5) is 0 Å². The van der Waals surface area contributed by atoms with E-state index in [0.717, 1.165) is 13.6 Å². The predicted octanol–water partition coefficient (Wildman–Crippen LogP) is 4.47. The zero-order valence-electron chi connectivity index (χ0n) is 13.6. The van der Waals surface area contributed by atoms with Crippen LogP contribution in [0.25, 0.3) is 10.9 Å². The third-order valence-corrected chi connectivity index (χ3v) is 5.00. The molecule has 0 unspecified atom stereocenters. The first-order chi connectivity index (χ1) is 11.9. The number of aromatic nitrogens is 2. The van der Waals surface area contributed by atoms with Gasteiger partial charge in [0.05, 0.1) is 20.7 Å². The van der Waals surface area contributed by atoms with Crippen LogP contribution >= 0.6 is 38.5 Å². The lowest BCUT2D eigenvalue weighted by atomic mass is 10.2. The van der Waals surface area contributed by atoms with Crippen LogP contribution in [0.2, 0.25) is 0 Å². The highest BCUT2D eigenvalue weighted by Gasteiger charge is 2.13. The second-order valence-corrected chi connectivity index (χ2v) is 7.94. The number of hydrogen-bond acceptors (Lipinski definition) is 4. The first-order valence-corrected chi connectivity index (χ1v) is 9.49. The monoisotopic (exact) mass is 511 g/mol. The Labute approximate surface area is 166 Å². The maximum atomic E-state index is 12.9. The van der Waals surface area contributed by atoms with E-state index in [1.54, 1.807) is 30.5 Å². The smallest absolute Gasteiger partial charge is 0.282 e. The molecular formula is C18H15BrIN3O2. The van der Waals surface area contributed by atoms with E-state index in [1.807, 2.05) is 48.6 Å². The van der Waals surface area contributed by atoms with Crippen LogP contribution < -0.4 is 5.56 Å². The summed E-state index contributed by atoms with van der Waals surface area (Å²) in [5.74, 6) is 0.859. The average molecular weight is 512 g/mol. The molecule has 1 N–H and O–H groups in total. The molecule has 0 aliphatic heterocycles. The number of rotatable bonds is 3. The summed E-state index contributed by atoms with van der Waals surface area (Å²) >= 11 is 5.44. The molecule has 0 fully saturated rings. The Hall–Kier alpha value is -1.74. The summed E-state index contributed by atoms with van der Waals surface area (Å²) in [4.78, 5) is 17.5. The summed E-state index contributed by atoms with van der Waals surface area (Å²) in [6.07, 6.45) is 1.60. The Morgan fingerprint density at radius 1 is 1.28 bits per heavy atom. The first kappa shape index (κ1) is 18.1. The molecule has 0 radical (unpaired) electrons. The van der Waals surface area contributed by atoms with E-state index in [9.17, 15) is 9.90 Å². The Balaban J connectivity index is 2.17. The average Bonchev–Trinajstić information content (AvgIpc) is 2.57. The molecule has 3 rings (SSSR count). The number of phenols is 1. The molecule has 2 aromatic carbocycles. The first-order valence-electron chi connectivity index (χ1n) is 7.62. The van der Waals surface area contributed by atoms with Gasteiger partial charge in [0.25, 0.3) is 5.56 Å². The van der Waals surface area contributed by atoms with Gasteiger partial charge < -0.3 is 5.11 Å². The van der Waals surface area contributed by atoms with Gasteiger partial charge in [0, 0.05) is 10.4 Å². The van der Waals surface area contributed by atoms with Gasteiger partial charge >= 0.3 is 0 Å². The van der Waals surface area contributed by atoms with Crippen LogP contribution in [0.5, 0.6) is 5.75 Å². The number of halogens is 2. The largest absolute Gasteiger partial charge is 0.507 e. The Bertz CT molecular complexity index is 1040. The summed E-state index contributed by atoms with van der Waals surface area (Å²) < 4.78 is 2.89. The molecule has 0 amide bonds. The zero-order chi connectivity index (χ0) is 18.1. The Kier molecular flexibility index (Phi) is 5.24. The second kappa shape index (κ2) is 7.25. The highest BCUT2D eigenvalue weighted by Crippen LogP contribution is 2.20. The van der Waals surface area contributed by atoms with Crippen LogP contribution in [0.15, 0.2) is 50.8 Å². The van der Waals surface area contributed by atoms with Gasteiger partial charge in [-0.25, -0.2) is 4.98 Å². The number of nitrogens with zero attached hydrogens (tertiary/aromatic N) is 3. The fourth-order valence-electron chi connectivity index (χ4n) is 2.38. The lowest BCUT2D eigenvalue weighted by Crippen LogP contribution is -2.23. The molecule has 0 aliphatic rings. The van der Waals surface area contributed by atoms with Crippen molar-refractivity contribution >= 4 is 55.6 Å². The fourth-order valence-corrected chi connectivity index (χ4v) is 3.28. The number of aromatic hydroxyl groups is 1. The van der Waals surface area contributed by atoms with Crippen molar-refractivity contribution in [2.75, 3.05) is 0 Å². The number of phenolic OH excluding ortho intramolecular Hbond substituents is 1. The van der Waals surface area contributed by atoms with E-state index < -0.39 is 0 Å². The van der Waals surface area contributed by atoms with Crippen molar-refractivity contribution in [3.05, 3.63) is 66.2 Å². The molecule has 7 heteroatoms. The summed E-state index contributed by atoms with van der Waals surface area (Å²) in [7, 11) is 0. The Morgan fingerprint density at radius 3 is 2.72 bits per heavy atom. The predicted molar refractivity (Wildman–Crippen MR) is 112 cm³/mol. The third-order valence-electron chi connectivity index (χ3n) is 3.64. The van der Waals surface area contributed by atoms with Gasteiger partial charge in [-0.1, -0.05) is 29.8 Å². The molecular weight excluding hydrogens is 497 g/mol. The second-order valence-electron chi connectivity index (χ2n) is 5.86. The van der Waals surface area contributed by atoms with Crippen LogP contribution in [0, 0.1) is 3.57 Å². The van der Waals surface area contributed by atoms with E-state index in [4.69, 9.17) is 0 Å². The lowest BCUT2D eigenvalue weighted by molar-refractivity contribution is 0.471. The van der Waals surface area contributed by atoms with Crippen molar-refractivity contribution in [3.8, 4) is 5.75 Å². The quantitative estimate of drug-likeness (QED) is 0.416. The molecule has 0 saturated heterocycles. The third kappa shape index (κ3) is 3.77. The molecule has 25 heavy (non-hydrogen) atoms. The molecule has 0 aliphatic carbocycles. The van der Waals surface area contributed by atoms with Gasteiger partial charge in [0.2, 0.25) is 0 Å². The molecule has 3 aromatic rings. The fraction of sp³-hybridized carbons (Fsp3) is 0.167. The maximum Gasteiger partial charge on any atom is 0.282 e. The van der Waals surface area contributed by atoms with E-state index >= 15 is 0 Å². The lowest BCUT2D eigenvalue weighted by Gasteiger charge is -2.12. The van der Waals surface area contributed by atoms with Gasteiger partial charge in [0.1, 0.15) is 11.6 Å². The summed E-state index contributed by atoms with van der Waals surface area (Å²) in [5.41, 5.74) is 1.24. The molecule has 0 spiro atoms. The summed E-state index contributed by atoms with van der Waals surface area (Å²) in [5, 5.41) is 14.5. The topological polar surface area (TPSA) is 67.5 Å². The minimum Gasteiger partial charge on any atom is -0.507 e. The van der Waals surface area contributed by atoms with Crippen molar-refractivity contribution in [2.45, 2.75) is 19.8 Å². The minimum absolute atomic E-state index is 0.0397. The van der Waals surface area contributed by atoms with Gasteiger partial charge in [-0.3, -0.25) is 4.79 Å². The van der Waals surface area contributed by atoms with Gasteiger partial charge in [-0.05, 0) is 64.6 Å². The highest BCUT2D eigenvalue weighted by atomic mass is 127. The number of fused-ring (bicyclic) bond motifs is 1. The van der Waals surface area contributed by atoms with E-state index in [1.165, 1.54) is 4.68 Å². The molecule has 0 bridgehead atoms. The number of hydrogen-bond donors (Lipinski definition) is 1. The maximum absolute atomic E-state index is 12.9. The zero-order valence-corrected chi connectivity index (χ0v) is 17.3. The van der Waals surface area contributed by atoms with Crippen molar-refractivity contribution in [1.29, 1.82) is 0 Å². The minimum atomic E-state index is -0.209. The van der Waals surface area contributed by atoms with Gasteiger partial charge in [0.15, 0.2) is 0 Å². The van der Waals surface area contributed by atoms with E-state index in [2.05, 4.69) is 26.0 Å². The molecule has 128 valence electrons. The van der Waals surface area contributed by atoms with Crippen LogP contribution in [-0.2, 0) is 0 Å². The normalized spacial score (nSPS) is 11.7. The van der Waals surface area contributed by atoms with Crippen molar-refractivity contribution in [2.24, 2.45) is 5.10 Å². The van der Waals surface area contributed by atoms with Gasteiger partial charge in [-0.2, -0.15) is 9.78 Å². The van der Waals surface area contributed by atoms with Crippen LogP contribution in [-0.4, -0.2) is 21.0 Å². The SMILES string of the molecule is CC(C)c1nc2ccc(Br)cc2c(=O)n1N=Cc1ccc(O)c(I)c1. The number of benzene rings is 2. The summed E-state index contributed by atoms with van der Waals surface area (Å²) in [6.45, 7) is 3.95.